The number of allylic oxidation sites excluding steroid dienone is 4. The summed E-state index contributed by atoms with van der Waals surface area (Å²) < 4.78 is 0. The zero-order valence-electron chi connectivity index (χ0n) is 16.2. The second kappa shape index (κ2) is 13.7. The van der Waals surface area contributed by atoms with Crippen molar-refractivity contribution >= 4 is 11.8 Å². The highest BCUT2D eigenvalue weighted by atomic mass is 16.4. The molecule has 0 spiro atoms. The van der Waals surface area contributed by atoms with Crippen LogP contribution in [-0.4, -0.2) is 28.1 Å². The highest BCUT2D eigenvalue weighted by molar-refractivity contribution is 5.89. The van der Waals surface area contributed by atoms with Crippen LogP contribution in [0.5, 0.6) is 0 Å². The van der Waals surface area contributed by atoms with Crippen LogP contribution in [0.4, 0.5) is 0 Å². The second-order valence-electron chi connectivity index (χ2n) is 7.46. The van der Waals surface area contributed by atoms with Crippen molar-refractivity contribution in [3.8, 4) is 0 Å². The Balaban J connectivity index is 2.31. The third kappa shape index (κ3) is 9.91. The molecule has 0 aromatic rings. The Morgan fingerprint density at radius 2 is 1.77 bits per heavy atom. The van der Waals surface area contributed by atoms with Gasteiger partial charge in [0.1, 0.15) is 0 Å². The smallest absolute Gasteiger partial charge is 0.303 e. The molecule has 1 saturated carbocycles. The summed E-state index contributed by atoms with van der Waals surface area (Å²) in [5, 5.41) is 18.8. The Hall–Kier alpha value is -1.42. The van der Waals surface area contributed by atoms with Gasteiger partial charge >= 0.3 is 5.97 Å². The van der Waals surface area contributed by atoms with Crippen molar-refractivity contribution in [1.29, 1.82) is 0 Å². The third-order valence-corrected chi connectivity index (χ3v) is 5.23. The van der Waals surface area contributed by atoms with Gasteiger partial charge in [0.2, 0.25) is 0 Å². The Kier molecular flexibility index (Phi) is 12.0. The molecule has 1 fully saturated rings. The van der Waals surface area contributed by atoms with Gasteiger partial charge in [-0.25, -0.2) is 0 Å². The molecular weight excluding hydrogens is 328 g/mol. The van der Waals surface area contributed by atoms with Crippen molar-refractivity contribution in [1.82, 2.24) is 0 Å². The highest BCUT2D eigenvalue weighted by Gasteiger charge is 2.32. The van der Waals surface area contributed by atoms with E-state index in [0.717, 1.165) is 38.5 Å². The monoisotopic (exact) mass is 364 g/mol. The van der Waals surface area contributed by atoms with Gasteiger partial charge in [0, 0.05) is 12.8 Å². The predicted molar refractivity (Wildman–Crippen MR) is 105 cm³/mol. The number of aliphatic hydroxyl groups is 1. The number of unbranched alkanes of at least 4 members (excludes halogenated alkanes) is 5. The SMILES string of the molecule is CCCCCCCC(=O)/C=C/[C@H]1CC[C@H](O)[C@@H]1C/C=C\CCCC(=O)O. The lowest BCUT2D eigenvalue weighted by atomic mass is 9.90. The van der Waals surface area contributed by atoms with Crippen LogP contribution in [0.2, 0.25) is 0 Å². The lowest BCUT2D eigenvalue weighted by Gasteiger charge is -2.17. The van der Waals surface area contributed by atoms with Crippen molar-refractivity contribution in [2.45, 2.75) is 90.1 Å². The lowest BCUT2D eigenvalue weighted by molar-refractivity contribution is -0.137. The molecule has 0 aromatic heterocycles. The molecule has 0 unspecified atom stereocenters. The van der Waals surface area contributed by atoms with Gasteiger partial charge in [-0.1, -0.05) is 50.8 Å². The molecule has 0 radical (unpaired) electrons. The quantitative estimate of drug-likeness (QED) is 0.257. The molecule has 0 amide bonds. The molecule has 1 aliphatic rings. The summed E-state index contributed by atoms with van der Waals surface area (Å²) >= 11 is 0. The van der Waals surface area contributed by atoms with Crippen LogP contribution in [0.1, 0.15) is 84.0 Å². The standard InChI is InChI=1S/C22H36O4/c1-2-3-4-5-8-11-19(23)16-14-18-15-17-21(24)20(18)12-9-6-7-10-13-22(25)26/h6,9,14,16,18,20-21,24H,2-5,7-8,10-13,15,17H2,1H3,(H,25,26)/b9-6-,16-14+/t18-,20+,21-/m0/s1. The number of carbonyl (C=O) groups is 2. The maximum Gasteiger partial charge on any atom is 0.303 e. The van der Waals surface area contributed by atoms with Gasteiger partial charge in [-0.15, -0.1) is 0 Å². The van der Waals surface area contributed by atoms with Crippen LogP contribution in [0.25, 0.3) is 0 Å². The predicted octanol–water partition coefficient (Wildman–Crippen LogP) is 5.06. The first kappa shape index (κ1) is 22.6. The Bertz CT molecular complexity index is 467. The molecule has 148 valence electrons. The van der Waals surface area contributed by atoms with E-state index in [1.54, 1.807) is 6.08 Å². The summed E-state index contributed by atoms with van der Waals surface area (Å²) in [6.07, 6.45) is 18.0. The van der Waals surface area contributed by atoms with Crippen LogP contribution >= 0.6 is 0 Å². The summed E-state index contributed by atoms with van der Waals surface area (Å²) in [6.45, 7) is 2.19. The summed E-state index contributed by atoms with van der Waals surface area (Å²) in [7, 11) is 0. The zero-order valence-corrected chi connectivity index (χ0v) is 16.2. The minimum atomic E-state index is -0.759. The average Bonchev–Trinajstić information content (AvgIpc) is 2.95. The molecule has 0 saturated heterocycles. The van der Waals surface area contributed by atoms with Gasteiger partial charge in [-0.2, -0.15) is 0 Å². The molecule has 0 bridgehead atoms. The lowest BCUT2D eigenvalue weighted by Crippen LogP contribution is -2.17. The first-order chi connectivity index (χ1) is 12.5. The van der Waals surface area contributed by atoms with E-state index in [2.05, 4.69) is 13.0 Å². The fourth-order valence-electron chi connectivity index (χ4n) is 3.61. The third-order valence-electron chi connectivity index (χ3n) is 5.23. The molecular formula is C22H36O4. The van der Waals surface area contributed by atoms with Crippen LogP contribution in [0.3, 0.4) is 0 Å². The minimum Gasteiger partial charge on any atom is -0.481 e. The Morgan fingerprint density at radius 1 is 1.00 bits per heavy atom. The molecule has 0 aliphatic heterocycles. The van der Waals surface area contributed by atoms with E-state index >= 15 is 0 Å². The fourth-order valence-corrected chi connectivity index (χ4v) is 3.61. The topological polar surface area (TPSA) is 74.6 Å². The number of aliphatic carboxylic acids is 1. The van der Waals surface area contributed by atoms with Gasteiger partial charge in [-0.05, 0) is 56.4 Å². The maximum atomic E-state index is 12.0. The number of hydrogen-bond acceptors (Lipinski definition) is 3. The minimum absolute atomic E-state index is 0.166. The zero-order chi connectivity index (χ0) is 19.2. The molecule has 26 heavy (non-hydrogen) atoms. The van der Waals surface area contributed by atoms with Crippen molar-refractivity contribution in [3.63, 3.8) is 0 Å². The van der Waals surface area contributed by atoms with Gasteiger partial charge < -0.3 is 10.2 Å². The number of carboxylic acids is 1. The molecule has 0 aromatic carbocycles. The van der Waals surface area contributed by atoms with Crippen molar-refractivity contribution in [2.24, 2.45) is 11.8 Å². The maximum absolute atomic E-state index is 12.0. The number of carboxylic acid groups (broad SMARTS) is 1. The number of hydrogen-bond donors (Lipinski definition) is 2. The average molecular weight is 365 g/mol. The highest BCUT2D eigenvalue weighted by Crippen LogP contribution is 2.35. The van der Waals surface area contributed by atoms with Crippen LogP contribution in [0, 0.1) is 11.8 Å². The molecule has 0 heterocycles. The van der Waals surface area contributed by atoms with E-state index in [1.807, 2.05) is 12.2 Å². The van der Waals surface area contributed by atoms with Crippen LogP contribution in [-0.2, 0) is 9.59 Å². The molecule has 1 aliphatic carbocycles. The summed E-state index contributed by atoms with van der Waals surface area (Å²) in [5.74, 6) is -0.132. The first-order valence-electron chi connectivity index (χ1n) is 10.3. The summed E-state index contributed by atoms with van der Waals surface area (Å²) in [6, 6.07) is 0. The van der Waals surface area contributed by atoms with E-state index in [9.17, 15) is 14.7 Å². The Labute approximate surface area is 158 Å². The van der Waals surface area contributed by atoms with E-state index < -0.39 is 5.97 Å². The number of rotatable bonds is 14. The van der Waals surface area contributed by atoms with Gasteiger partial charge in [0.15, 0.2) is 5.78 Å². The van der Waals surface area contributed by atoms with Gasteiger partial charge in [0.05, 0.1) is 6.10 Å². The summed E-state index contributed by atoms with van der Waals surface area (Å²) in [5.41, 5.74) is 0. The number of carbonyl (C=O) groups excluding carboxylic acids is 1. The molecule has 1 rings (SSSR count). The fraction of sp³-hybridized carbons (Fsp3) is 0.727. The van der Waals surface area contributed by atoms with Crippen LogP contribution < -0.4 is 0 Å². The van der Waals surface area contributed by atoms with E-state index in [1.165, 1.54) is 19.3 Å². The van der Waals surface area contributed by atoms with Gasteiger partial charge in [-0.3, -0.25) is 9.59 Å². The first-order valence-corrected chi connectivity index (χ1v) is 10.3. The molecule has 2 N–H and O–H groups in total. The van der Waals surface area contributed by atoms with Crippen molar-refractivity contribution in [3.05, 3.63) is 24.3 Å². The summed E-state index contributed by atoms with van der Waals surface area (Å²) in [4.78, 5) is 22.5. The van der Waals surface area contributed by atoms with Crippen LogP contribution in [0.15, 0.2) is 24.3 Å². The van der Waals surface area contributed by atoms with Gasteiger partial charge in [0.25, 0.3) is 0 Å². The molecule has 3 atom stereocenters. The molecule has 4 heteroatoms. The number of aliphatic hydroxyl groups excluding tert-OH is 1. The van der Waals surface area contributed by atoms with Crippen molar-refractivity contribution < 1.29 is 19.8 Å². The molecule has 4 nitrogen and oxygen atoms in total. The Morgan fingerprint density at radius 3 is 2.50 bits per heavy atom. The normalized spacial score (nSPS) is 23.2. The second-order valence-corrected chi connectivity index (χ2v) is 7.46. The van der Waals surface area contributed by atoms with E-state index in [0.29, 0.717) is 12.8 Å². The number of ketones is 1. The van der Waals surface area contributed by atoms with Crippen molar-refractivity contribution in [2.75, 3.05) is 0 Å². The van der Waals surface area contributed by atoms with E-state index in [4.69, 9.17) is 5.11 Å². The van der Waals surface area contributed by atoms with E-state index in [-0.39, 0.29) is 30.1 Å². The largest absolute Gasteiger partial charge is 0.481 e.